The summed E-state index contributed by atoms with van der Waals surface area (Å²) in [5, 5.41) is 24.1. The average molecular weight is 875 g/mol. The molecule has 4 fully saturated rings. The SMILES string of the molecule is CCCCc1ccc(-c2ccc(C(=O)N[C@@H](CCN)C(=O)N[C@H](C(=O)N[C@@H](C)C(=O)N[C@@H](CCCCN)C(=O)N[C@@H](C)B3OC4C[C@@H]5C[C@@H](C5(C)C)[C@]4(C)O3)C(C)O)cc2N)cc1. The van der Waals surface area contributed by atoms with Crippen LogP contribution in [0.25, 0.3) is 11.1 Å². The monoisotopic (exact) mass is 875 g/mol. The van der Waals surface area contributed by atoms with Gasteiger partial charge in [-0.2, -0.15) is 0 Å². The van der Waals surface area contributed by atoms with Crippen molar-refractivity contribution in [2.45, 2.75) is 154 Å². The van der Waals surface area contributed by atoms with Crippen LogP contribution in [0.4, 0.5) is 5.69 Å². The maximum atomic E-state index is 13.7. The molecule has 12 N–H and O–H groups in total. The molecule has 1 saturated heterocycles. The fraction of sp³-hybridized carbons (Fsp3) is 0.630. The number of benzene rings is 2. The van der Waals surface area contributed by atoms with E-state index in [2.05, 4.69) is 66.4 Å². The fourth-order valence-corrected chi connectivity index (χ4v) is 9.47. The highest BCUT2D eigenvalue weighted by atomic mass is 16.7. The smallest absolute Gasteiger partial charge is 0.404 e. The van der Waals surface area contributed by atoms with E-state index in [4.69, 9.17) is 26.5 Å². The summed E-state index contributed by atoms with van der Waals surface area (Å²) in [4.78, 5) is 67.7. The minimum Gasteiger partial charge on any atom is -0.404 e. The predicted molar refractivity (Wildman–Crippen MR) is 244 cm³/mol. The molecule has 4 aliphatic rings. The molecule has 5 amide bonds. The van der Waals surface area contributed by atoms with Crippen molar-refractivity contribution in [2.75, 3.05) is 18.8 Å². The maximum absolute atomic E-state index is 13.7. The van der Waals surface area contributed by atoms with Crippen molar-refractivity contribution >= 4 is 42.3 Å². The summed E-state index contributed by atoms with van der Waals surface area (Å²) in [6, 6.07) is 8.20. The molecule has 2 unspecified atom stereocenters. The molecular formula is C46H71BN8O8. The molecular weight excluding hydrogens is 803 g/mol. The molecule has 3 aliphatic carbocycles. The first-order chi connectivity index (χ1) is 29.8. The lowest BCUT2D eigenvalue weighted by molar-refractivity contribution is -0.199. The summed E-state index contributed by atoms with van der Waals surface area (Å²) < 4.78 is 12.9. The number of rotatable bonds is 22. The quantitative estimate of drug-likeness (QED) is 0.0472. The van der Waals surface area contributed by atoms with Gasteiger partial charge in [0.2, 0.25) is 23.6 Å². The van der Waals surface area contributed by atoms with E-state index < -0.39 is 78.5 Å². The zero-order valence-electron chi connectivity index (χ0n) is 38.1. The van der Waals surface area contributed by atoms with Crippen LogP contribution in [0.2, 0.25) is 0 Å². The lowest BCUT2D eigenvalue weighted by atomic mass is 9.43. The molecule has 0 spiro atoms. The molecule has 0 radical (unpaired) electrons. The number of aryl methyl sites for hydroxylation is 1. The van der Waals surface area contributed by atoms with E-state index >= 15 is 0 Å². The number of carbonyl (C=O) groups is 5. The van der Waals surface area contributed by atoms with Gasteiger partial charge in [0.15, 0.2) is 0 Å². The van der Waals surface area contributed by atoms with Crippen LogP contribution in [0, 0.1) is 17.3 Å². The van der Waals surface area contributed by atoms with E-state index in [1.54, 1.807) is 12.1 Å². The largest absolute Gasteiger partial charge is 0.481 e. The standard InChI is InChI=1S/C46H71BN8O8/c1-8-9-12-29-14-16-30(17-15-29)33-19-18-31(23-34(33)50)41(58)54-36(20-22-49)43(60)55-39(27(3)56)44(61)51-26(2)40(57)53-35(13-10-11-21-48)42(59)52-28(4)47-62-38-25-32-24-37(45(32,5)6)46(38,7)63-47/h14-19,23,26-28,32,35-39,56H,8-13,20-22,24-25,48-50H2,1-7H3,(H,51,61)(H,52,59)(H,53,57)(H,54,58)(H,55,60)/t26-,27?,28-,32-,35-,36-,37-,38?,39-,46-/m0/s1. The molecule has 0 aromatic heterocycles. The highest BCUT2D eigenvalue weighted by Gasteiger charge is 2.68. The van der Waals surface area contributed by atoms with E-state index in [0.29, 0.717) is 36.9 Å². The van der Waals surface area contributed by atoms with E-state index in [1.165, 1.54) is 25.5 Å². The minimum atomic E-state index is -1.51. The Labute approximate surface area is 372 Å². The zero-order chi connectivity index (χ0) is 46.2. The number of amides is 5. The van der Waals surface area contributed by atoms with E-state index in [9.17, 15) is 29.1 Å². The van der Waals surface area contributed by atoms with Gasteiger partial charge in [0, 0.05) is 16.8 Å². The number of unbranched alkanes of at least 4 members (excludes halogenated alkanes) is 2. The lowest BCUT2D eigenvalue weighted by Gasteiger charge is -2.64. The van der Waals surface area contributed by atoms with Gasteiger partial charge in [-0.25, -0.2) is 0 Å². The van der Waals surface area contributed by atoms with Gasteiger partial charge < -0.3 is 58.2 Å². The van der Waals surface area contributed by atoms with E-state index in [1.807, 2.05) is 19.1 Å². The second kappa shape index (κ2) is 21.4. The molecule has 2 bridgehead atoms. The number of nitrogens with one attached hydrogen (secondary N) is 5. The fourth-order valence-electron chi connectivity index (χ4n) is 9.47. The first-order valence-electron chi connectivity index (χ1n) is 22.8. The van der Waals surface area contributed by atoms with Crippen molar-refractivity contribution in [3.63, 3.8) is 0 Å². The molecule has 346 valence electrons. The molecule has 1 aliphatic heterocycles. The Morgan fingerprint density at radius 2 is 1.49 bits per heavy atom. The summed E-state index contributed by atoms with van der Waals surface area (Å²) in [7, 11) is -0.655. The number of aliphatic hydroxyl groups excluding tert-OH is 1. The number of nitrogens with two attached hydrogens (primary N) is 3. The molecule has 3 saturated carbocycles. The summed E-state index contributed by atoms with van der Waals surface area (Å²) in [6.45, 7) is 13.8. The highest BCUT2D eigenvalue weighted by Crippen LogP contribution is 2.65. The molecule has 6 rings (SSSR count). The second-order valence-electron chi connectivity index (χ2n) is 18.6. The van der Waals surface area contributed by atoms with E-state index in [-0.39, 0.29) is 36.5 Å². The Balaban J connectivity index is 1.16. The van der Waals surface area contributed by atoms with Crippen LogP contribution in [0.5, 0.6) is 0 Å². The van der Waals surface area contributed by atoms with Crippen LogP contribution < -0.4 is 43.8 Å². The molecule has 16 nitrogen and oxygen atoms in total. The Kier molecular flexibility index (Phi) is 16.8. The molecule has 2 aromatic carbocycles. The number of aliphatic hydroxyl groups is 1. The Morgan fingerprint density at radius 3 is 2.11 bits per heavy atom. The summed E-state index contributed by atoms with van der Waals surface area (Å²) >= 11 is 0. The normalized spacial score (nSPS) is 23.7. The number of nitrogen functional groups attached to an aromatic ring is 1. The highest BCUT2D eigenvalue weighted by molar-refractivity contribution is 6.47. The van der Waals surface area contributed by atoms with Crippen LogP contribution in [0.3, 0.4) is 0 Å². The van der Waals surface area contributed by atoms with Crippen molar-refractivity contribution in [1.29, 1.82) is 0 Å². The third-order valence-electron chi connectivity index (χ3n) is 13.6. The van der Waals surface area contributed by atoms with Gasteiger partial charge in [-0.1, -0.05) is 57.5 Å². The van der Waals surface area contributed by atoms with Crippen molar-refractivity contribution in [2.24, 2.45) is 28.7 Å². The van der Waals surface area contributed by atoms with Crippen LogP contribution in [0.15, 0.2) is 42.5 Å². The van der Waals surface area contributed by atoms with Gasteiger partial charge in [0.1, 0.15) is 24.2 Å². The van der Waals surface area contributed by atoms with Crippen LogP contribution in [-0.4, -0.2) is 103 Å². The molecule has 2 aromatic rings. The third-order valence-corrected chi connectivity index (χ3v) is 13.6. The Bertz CT molecular complexity index is 1930. The van der Waals surface area contributed by atoms with Gasteiger partial charge in [0.05, 0.1) is 23.8 Å². The average Bonchev–Trinajstić information content (AvgIpc) is 3.61. The third kappa shape index (κ3) is 11.6. The first kappa shape index (κ1) is 49.5. The van der Waals surface area contributed by atoms with Crippen molar-refractivity contribution in [3.05, 3.63) is 53.6 Å². The first-order valence-corrected chi connectivity index (χ1v) is 22.8. The van der Waals surface area contributed by atoms with Crippen molar-refractivity contribution in [1.82, 2.24) is 26.6 Å². The van der Waals surface area contributed by atoms with Crippen molar-refractivity contribution in [3.8, 4) is 11.1 Å². The van der Waals surface area contributed by atoms with Crippen LogP contribution in [0.1, 0.15) is 116 Å². The van der Waals surface area contributed by atoms with Gasteiger partial charge in [-0.15, -0.1) is 0 Å². The summed E-state index contributed by atoms with van der Waals surface area (Å²) in [5.41, 5.74) is 21.1. The molecule has 1 heterocycles. The lowest BCUT2D eigenvalue weighted by Crippen LogP contribution is -2.65. The molecule has 10 atom stereocenters. The Hall–Kier alpha value is -4.55. The predicted octanol–water partition coefficient (Wildman–Crippen LogP) is 2.48. The zero-order valence-corrected chi connectivity index (χ0v) is 38.1. The number of carbonyl (C=O) groups excluding carboxylic acids is 5. The van der Waals surface area contributed by atoms with Crippen LogP contribution >= 0.6 is 0 Å². The van der Waals surface area contributed by atoms with Gasteiger partial charge in [0.25, 0.3) is 5.91 Å². The second-order valence-corrected chi connectivity index (χ2v) is 18.6. The van der Waals surface area contributed by atoms with Gasteiger partial charge in [-0.3, -0.25) is 24.0 Å². The summed E-state index contributed by atoms with van der Waals surface area (Å²) in [6.07, 6.45) is 5.25. The van der Waals surface area contributed by atoms with Gasteiger partial charge in [-0.05, 0) is 133 Å². The Morgan fingerprint density at radius 1 is 0.810 bits per heavy atom. The topological polar surface area (TPSA) is 262 Å². The molecule has 17 heteroatoms. The molecule has 63 heavy (non-hydrogen) atoms. The number of hydrogen-bond acceptors (Lipinski definition) is 11. The number of anilines is 1. The maximum Gasteiger partial charge on any atom is 0.481 e. The summed E-state index contributed by atoms with van der Waals surface area (Å²) in [5.74, 6) is -2.89. The van der Waals surface area contributed by atoms with E-state index in [0.717, 1.165) is 43.2 Å². The minimum absolute atomic E-state index is 0.0206. The number of hydrogen-bond donors (Lipinski definition) is 9. The van der Waals surface area contributed by atoms with Crippen LogP contribution in [-0.2, 0) is 34.9 Å². The van der Waals surface area contributed by atoms with Crippen molar-refractivity contribution < 1.29 is 38.4 Å². The van der Waals surface area contributed by atoms with Gasteiger partial charge >= 0.3 is 7.12 Å².